The number of hydrogen-bond donors (Lipinski definition) is 0. The van der Waals surface area contributed by atoms with Crippen LogP contribution in [-0.4, -0.2) is 8.07 Å². The molecule has 0 saturated carbocycles. The van der Waals surface area contributed by atoms with Crippen LogP contribution in [0.4, 0.5) is 0 Å². The highest BCUT2D eigenvalue weighted by Crippen LogP contribution is 2.33. The third-order valence-electron chi connectivity index (χ3n) is 2.62. The fraction of sp³-hybridized carbons (Fsp3) is 0.900. The summed E-state index contributed by atoms with van der Waals surface area (Å²) in [7, 11) is -1.59. The molecule has 0 aliphatic rings. The minimum absolute atomic E-state index is 0.672. The Labute approximate surface area is 77.8 Å². The van der Waals surface area contributed by atoms with Crippen LogP contribution >= 0.6 is 0 Å². The second-order valence-corrected chi connectivity index (χ2v) is 8.88. The third kappa shape index (κ3) is 2.98. The van der Waals surface area contributed by atoms with Gasteiger partial charge in [0, 0.05) is 5.69 Å². The number of rotatable bonds is 4. The highest BCUT2D eigenvalue weighted by Gasteiger charge is 2.33. The van der Waals surface area contributed by atoms with Gasteiger partial charge < -0.3 is 0 Å². The lowest BCUT2D eigenvalue weighted by molar-refractivity contribution is 0.534. The van der Waals surface area contributed by atoms with Crippen LogP contribution in [0.1, 0.15) is 33.6 Å². The van der Waals surface area contributed by atoms with Crippen LogP contribution in [0.25, 0.3) is 0 Å². The zero-order valence-electron chi connectivity index (χ0n) is 9.02. The first-order chi connectivity index (χ1) is 5.45. The zero-order valence-corrected chi connectivity index (χ0v) is 10.0. The van der Waals surface area contributed by atoms with Crippen molar-refractivity contribution < 1.29 is 0 Å². The van der Waals surface area contributed by atoms with Crippen molar-refractivity contribution in [3.63, 3.8) is 0 Å². The van der Waals surface area contributed by atoms with E-state index < -0.39 is 8.07 Å². The molecule has 1 atom stereocenters. The molecule has 0 bridgehead atoms. The fourth-order valence-corrected chi connectivity index (χ4v) is 4.76. The molecule has 0 aliphatic heterocycles. The van der Waals surface area contributed by atoms with Crippen LogP contribution in [0.3, 0.4) is 0 Å². The summed E-state index contributed by atoms with van der Waals surface area (Å²) < 4.78 is 0. The van der Waals surface area contributed by atoms with Crippen molar-refractivity contribution in [1.82, 2.24) is 0 Å². The van der Waals surface area contributed by atoms with Gasteiger partial charge in [-0.3, -0.25) is 0 Å². The van der Waals surface area contributed by atoms with Crippen molar-refractivity contribution in [2.75, 3.05) is 0 Å². The summed E-state index contributed by atoms with van der Waals surface area (Å²) in [5.74, 6) is 0.672. The molecule has 0 aromatic rings. The van der Waals surface area contributed by atoms with Gasteiger partial charge in [0.15, 0.2) is 8.07 Å². The van der Waals surface area contributed by atoms with E-state index in [0.717, 1.165) is 0 Å². The van der Waals surface area contributed by atoms with Crippen molar-refractivity contribution >= 4 is 8.07 Å². The van der Waals surface area contributed by atoms with E-state index in [-0.39, 0.29) is 0 Å². The van der Waals surface area contributed by atoms with Crippen LogP contribution in [0.5, 0.6) is 0 Å². The van der Waals surface area contributed by atoms with Crippen molar-refractivity contribution in [2.45, 2.75) is 52.2 Å². The molecule has 0 heterocycles. The zero-order chi connectivity index (χ0) is 9.78. The van der Waals surface area contributed by atoms with E-state index in [0.29, 0.717) is 11.5 Å². The molecule has 0 N–H and O–H groups in total. The SMILES string of the molecule is CCCC(C(C)C)[Si](C)(C)C#N. The Morgan fingerprint density at radius 2 is 1.83 bits per heavy atom. The lowest BCUT2D eigenvalue weighted by Crippen LogP contribution is -2.33. The predicted molar refractivity (Wildman–Crippen MR) is 56.6 cm³/mol. The Balaban J connectivity index is 4.41. The molecule has 0 rings (SSSR count). The maximum Gasteiger partial charge on any atom is 0.171 e. The van der Waals surface area contributed by atoms with E-state index in [9.17, 15) is 0 Å². The molecule has 1 unspecified atom stereocenters. The maximum absolute atomic E-state index is 9.05. The summed E-state index contributed by atoms with van der Waals surface area (Å²) in [5, 5.41) is 9.05. The van der Waals surface area contributed by atoms with Crippen LogP contribution in [0.2, 0.25) is 18.6 Å². The average Bonchev–Trinajstić information content (AvgIpc) is 1.99. The van der Waals surface area contributed by atoms with E-state index in [1.165, 1.54) is 12.8 Å². The molecule has 12 heavy (non-hydrogen) atoms. The highest BCUT2D eigenvalue weighted by atomic mass is 28.3. The lowest BCUT2D eigenvalue weighted by Gasteiger charge is -2.29. The van der Waals surface area contributed by atoms with Crippen LogP contribution in [-0.2, 0) is 0 Å². The average molecular weight is 183 g/mol. The first-order valence-electron chi connectivity index (χ1n) is 4.87. The Kier molecular flexibility index (Phi) is 4.55. The molecule has 0 aliphatic carbocycles. The smallest absolute Gasteiger partial charge is 0.171 e. The first kappa shape index (κ1) is 11.7. The fourth-order valence-electron chi connectivity index (χ4n) is 1.92. The molecule has 0 radical (unpaired) electrons. The maximum atomic E-state index is 9.05. The summed E-state index contributed by atoms with van der Waals surface area (Å²) in [5.41, 5.74) is 3.22. The standard InChI is InChI=1S/C10H21NSi/c1-6-7-10(9(2)3)12(4,5)8-11/h9-10H,6-7H2,1-5H3. The monoisotopic (exact) mass is 183 g/mol. The second-order valence-electron chi connectivity index (χ2n) is 4.47. The lowest BCUT2D eigenvalue weighted by atomic mass is 10.1. The summed E-state index contributed by atoms with van der Waals surface area (Å²) in [6.07, 6.45) is 2.44. The van der Waals surface area contributed by atoms with Crippen molar-refractivity contribution in [2.24, 2.45) is 5.92 Å². The highest BCUT2D eigenvalue weighted by molar-refractivity contribution is 6.85. The Morgan fingerprint density at radius 1 is 1.33 bits per heavy atom. The van der Waals surface area contributed by atoms with Crippen molar-refractivity contribution in [1.29, 1.82) is 5.26 Å². The normalized spacial score (nSPS) is 14.4. The Bertz CT molecular complexity index is 167. The molecule has 0 amide bonds. The summed E-state index contributed by atoms with van der Waals surface area (Å²) in [6.45, 7) is 11.1. The molecule has 0 aromatic carbocycles. The summed E-state index contributed by atoms with van der Waals surface area (Å²) in [4.78, 5) is 0. The minimum atomic E-state index is -1.59. The van der Waals surface area contributed by atoms with Gasteiger partial charge >= 0.3 is 0 Å². The minimum Gasteiger partial charge on any atom is -0.207 e. The van der Waals surface area contributed by atoms with Crippen LogP contribution in [0.15, 0.2) is 0 Å². The van der Waals surface area contributed by atoms with E-state index in [4.69, 9.17) is 5.26 Å². The second kappa shape index (κ2) is 4.66. The molecule has 70 valence electrons. The van der Waals surface area contributed by atoms with E-state index in [1.807, 2.05) is 0 Å². The largest absolute Gasteiger partial charge is 0.207 e. The Morgan fingerprint density at radius 3 is 2.08 bits per heavy atom. The summed E-state index contributed by atoms with van der Waals surface area (Å²) in [6, 6.07) is 0. The van der Waals surface area contributed by atoms with Gasteiger partial charge in [-0.05, 0) is 11.5 Å². The Hall–Kier alpha value is -0.293. The van der Waals surface area contributed by atoms with Crippen molar-refractivity contribution in [3.05, 3.63) is 0 Å². The molecule has 0 spiro atoms. The van der Waals surface area contributed by atoms with E-state index in [2.05, 4.69) is 39.6 Å². The number of nitriles is 1. The molecule has 1 nitrogen and oxygen atoms in total. The van der Waals surface area contributed by atoms with Crippen LogP contribution in [0, 0.1) is 16.9 Å². The molecule has 0 aromatic heterocycles. The van der Waals surface area contributed by atoms with Gasteiger partial charge in [-0.15, -0.1) is 0 Å². The molecule has 0 saturated heterocycles. The number of nitrogens with zero attached hydrogens (tertiary/aromatic N) is 1. The molecule has 2 heteroatoms. The van der Waals surface area contributed by atoms with Gasteiger partial charge in [0.1, 0.15) is 0 Å². The van der Waals surface area contributed by atoms with Gasteiger partial charge in [-0.25, -0.2) is 5.26 Å². The van der Waals surface area contributed by atoms with E-state index in [1.54, 1.807) is 0 Å². The van der Waals surface area contributed by atoms with Crippen LogP contribution < -0.4 is 0 Å². The molecular formula is C10H21NSi. The summed E-state index contributed by atoms with van der Waals surface area (Å²) >= 11 is 0. The van der Waals surface area contributed by atoms with Gasteiger partial charge in [0.05, 0.1) is 0 Å². The molecular weight excluding hydrogens is 162 g/mol. The topological polar surface area (TPSA) is 23.8 Å². The predicted octanol–water partition coefficient (Wildman–Crippen LogP) is 3.58. The quantitative estimate of drug-likeness (QED) is 0.611. The third-order valence-corrected chi connectivity index (χ3v) is 6.01. The van der Waals surface area contributed by atoms with E-state index >= 15 is 0 Å². The number of hydrogen-bond acceptors (Lipinski definition) is 1. The van der Waals surface area contributed by atoms with Gasteiger partial charge in [0.2, 0.25) is 0 Å². The first-order valence-corrected chi connectivity index (χ1v) is 7.94. The molecule has 0 fully saturated rings. The van der Waals surface area contributed by atoms with Crippen molar-refractivity contribution in [3.8, 4) is 5.69 Å². The van der Waals surface area contributed by atoms with Gasteiger partial charge in [-0.2, -0.15) is 0 Å². The van der Waals surface area contributed by atoms with Gasteiger partial charge in [0.25, 0.3) is 0 Å². The van der Waals surface area contributed by atoms with Gasteiger partial charge in [-0.1, -0.05) is 46.7 Å².